The first-order valence-corrected chi connectivity index (χ1v) is 6.91. The van der Waals surface area contributed by atoms with Crippen molar-refractivity contribution in [1.29, 1.82) is 0 Å². The third kappa shape index (κ3) is 2.53. The zero-order valence-electron chi connectivity index (χ0n) is 10.5. The minimum atomic E-state index is -0.755. The van der Waals surface area contributed by atoms with Crippen LogP contribution in [0.4, 0.5) is 0 Å². The van der Waals surface area contributed by atoms with Gasteiger partial charge in [-0.2, -0.15) is 0 Å². The summed E-state index contributed by atoms with van der Waals surface area (Å²) in [6, 6.07) is 1.71. The fourth-order valence-corrected chi connectivity index (χ4v) is 3.04. The molecule has 0 heterocycles. The molecule has 1 fully saturated rings. The van der Waals surface area contributed by atoms with Crippen LogP contribution >= 0.6 is 15.9 Å². The molecule has 1 aliphatic rings. The molecule has 1 saturated carbocycles. The second-order valence-corrected chi connectivity index (χ2v) is 5.90. The maximum atomic E-state index is 11.0. The van der Waals surface area contributed by atoms with Gasteiger partial charge in [0.25, 0.3) is 0 Å². The Morgan fingerprint density at radius 2 is 2.11 bits per heavy atom. The maximum Gasteiger partial charge on any atom is 0.303 e. The Bertz CT molecular complexity index is 492. The molecule has 0 radical (unpaired) electrons. The number of carboxylic acids is 1. The molecule has 1 aromatic rings. The first-order chi connectivity index (χ1) is 8.41. The molecule has 0 saturated heterocycles. The van der Waals surface area contributed by atoms with E-state index in [1.54, 1.807) is 6.07 Å². The van der Waals surface area contributed by atoms with E-state index in [-0.39, 0.29) is 18.1 Å². The number of aromatic hydroxyl groups is 1. The second kappa shape index (κ2) is 4.92. The van der Waals surface area contributed by atoms with Gasteiger partial charge in [0.15, 0.2) is 0 Å². The summed E-state index contributed by atoms with van der Waals surface area (Å²) < 4.78 is 0.680. The Morgan fingerprint density at radius 1 is 1.50 bits per heavy atom. The van der Waals surface area contributed by atoms with Gasteiger partial charge in [0.2, 0.25) is 0 Å². The SMILES string of the molecule is Cc1cc(O)c(Br)c(C)c1C(CC(=O)O)C1CC1. The third-order valence-corrected chi connectivity index (χ3v) is 4.69. The number of carbonyl (C=O) groups is 1. The molecule has 0 amide bonds. The van der Waals surface area contributed by atoms with E-state index >= 15 is 0 Å². The molecule has 0 aliphatic heterocycles. The van der Waals surface area contributed by atoms with E-state index in [0.717, 1.165) is 29.5 Å². The van der Waals surface area contributed by atoms with E-state index in [2.05, 4.69) is 15.9 Å². The molecule has 0 bridgehead atoms. The van der Waals surface area contributed by atoms with Crippen molar-refractivity contribution in [3.8, 4) is 5.75 Å². The Balaban J connectivity index is 2.47. The van der Waals surface area contributed by atoms with Crippen molar-refractivity contribution >= 4 is 21.9 Å². The first kappa shape index (κ1) is 13.4. The Morgan fingerprint density at radius 3 is 2.61 bits per heavy atom. The molecule has 3 nitrogen and oxygen atoms in total. The lowest BCUT2D eigenvalue weighted by Gasteiger charge is -2.21. The summed E-state index contributed by atoms with van der Waals surface area (Å²) in [7, 11) is 0. The summed E-state index contributed by atoms with van der Waals surface area (Å²) in [5.41, 5.74) is 3.03. The van der Waals surface area contributed by atoms with Crippen molar-refractivity contribution in [2.45, 2.75) is 39.0 Å². The van der Waals surface area contributed by atoms with Crippen LogP contribution in [-0.2, 0) is 4.79 Å². The number of halogens is 1. The van der Waals surface area contributed by atoms with Crippen LogP contribution < -0.4 is 0 Å². The number of hydrogen-bond donors (Lipinski definition) is 2. The van der Waals surface area contributed by atoms with E-state index in [1.165, 1.54) is 0 Å². The Kier molecular flexibility index (Phi) is 3.66. The molecular formula is C14H17BrO3. The molecule has 1 aromatic carbocycles. The molecule has 1 aliphatic carbocycles. The summed E-state index contributed by atoms with van der Waals surface area (Å²) in [6.07, 6.45) is 2.38. The Hall–Kier alpha value is -1.03. The lowest BCUT2D eigenvalue weighted by Crippen LogP contribution is -2.11. The van der Waals surface area contributed by atoms with Gasteiger partial charge < -0.3 is 10.2 Å². The normalized spacial score (nSPS) is 16.6. The van der Waals surface area contributed by atoms with Crippen molar-refractivity contribution < 1.29 is 15.0 Å². The number of aliphatic carboxylic acids is 1. The van der Waals surface area contributed by atoms with Gasteiger partial charge in [0.05, 0.1) is 10.9 Å². The number of phenolic OH excluding ortho intramolecular Hbond substituents is 1. The standard InChI is InChI=1S/C14H17BrO3/c1-7-5-11(16)14(15)8(2)13(7)10(6-12(17)18)9-3-4-9/h5,9-10,16H,3-4,6H2,1-2H3,(H,17,18). The van der Waals surface area contributed by atoms with Crippen molar-refractivity contribution in [3.05, 3.63) is 27.2 Å². The van der Waals surface area contributed by atoms with Crippen LogP contribution in [0.3, 0.4) is 0 Å². The molecule has 0 spiro atoms. The minimum absolute atomic E-state index is 0.0689. The molecule has 2 rings (SSSR count). The molecule has 4 heteroatoms. The van der Waals surface area contributed by atoms with Gasteiger partial charge in [0, 0.05) is 0 Å². The van der Waals surface area contributed by atoms with Crippen molar-refractivity contribution in [2.24, 2.45) is 5.92 Å². The average Bonchev–Trinajstić information content (AvgIpc) is 3.08. The monoisotopic (exact) mass is 312 g/mol. The lowest BCUT2D eigenvalue weighted by molar-refractivity contribution is -0.137. The zero-order chi connectivity index (χ0) is 13.4. The number of rotatable bonds is 4. The van der Waals surface area contributed by atoms with Crippen LogP contribution in [-0.4, -0.2) is 16.2 Å². The highest BCUT2D eigenvalue weighted by Gasteiger charge is 2.35. The smallest absolute Gasteiger partial charge is 0.303 e. The molecule has 98 valence electrons. The fourth-order valence-electron chi connectivity index (χ4n) is 2.71. The van der Waals surface area contributed by atoms with Crippen molar-refractivity contribution in [2.75, 3.05) is 0 Å². The quantitative estimate of drug-likeness (QED) is 0.890. The fraction of sp³-hybridized carbons (Fsp3) is 0.500. The summed E-state index contributed by atoms with van der Waals surface area (Å²) in [4.78, 5) is 11.0. The third-order valence-electron chi connectivity index (χ3n) is 3.69. The van der Waals surface area contributed by atoms with Crippen LogP contribution in [0, 0.1) is 19.8 Å². The summed E-state index contributed by atoms with van der Waals surface area (Å²) >= 11 is 3.37. The minimum Gasteiger partial charge on any atom is -0.507 e. The summed E-state index contributed by atoms with van der Waals surface area (Å²) in [5.74, 6) is 0.0165. The van der Waals surface area contributed by atoms with Gasteiger partial charge in [-0.05, 0) is 77.2 Å². The number of carboxylic acid groups (broad SMARTS) is 1. The van der Waals surface area contributed by atoms with E-state index in [1.807, 2.05) is 13.8 Å². The number of hydrogen-bond acceptors (Lipinski definition) is 2. The van der Waals surface area contributed by atoms with E-state index in [4.69, 9.17) is 5.11 Å². The van der Waals surface area contributed by atoms with Crippen LogP contribution in [0.5, 0.6) is 5.75 Å². The summed E-state index contributed by atoms with van der Waals surface area (Å²) in [5, 5.41) is 18.8. The van der Waals surface area contributed by atoms with Crippen molar-refractivity contribution in [3.63, 3.8) is 0 Å². The Labute approximate surface area is 115 Å². The molecule has 2 N–H and O–H groups in total. The largest absolute Gasteiger partial charge is 0.507 e. The summed E-state index contributed by atoms with van der Waals surface area (Å²) in [6.45, 7) is 3.87. The predicted molar refractivity (Wildman–Crippen MR) is 73.0 cm³/mol. The highest BCUT2D eigenvalue weighted by atomic mass is 79.9. The maximum absolute atomic E-state index is 11.0. The van der Waals surface area contributed by atoms with Crippen LogP contribution in [0.2, 0.25) is 0 Å². The van der Waals surface area contributed by atoms with Gasteiger partial charge in [-0.1, -0.05) is 0 Å². The molecular weight excluding hydrogens is 296 g/mol. The molecule has 1 unspecified atom stereocenters. The topological polar surface area (TPSA) is 57.5 Å². The van der Waals surface area contributed by atoms with Gasteiger partial charge >= 0.3 is 5.97 Å². The van der Waals surface area contributed by atoms with Gasteiger partial charge in [-0.15, -0.1) is 0 Å². The van der Waals surface area contributed by atoms with E-state index < -0.39 is 5.97 Å². The first-order valence-electron chi connectivity index (χ1n) is 6.12. The van der Waals surface area contributed by atoms with E-state index in [0.29, 0.717) is 10.4 Å². The zero-order valence-corrected chi connectivity index (χ0v) is 12.1. The highest BCUT2D eigenvalue weighted by Crippen LogP contribution is 2.48. The number of phenols is 1. The molecule has 18 heavy (non-hydrogen) atoms. The number of aryl methyl sites for hydroxylation is 1. The van der Waals surface area contributed by atoms with Crippen molar-refractivity contribution in [1.82, 2.24) is 0 Å². The van der Waals surface area contributed by atoms with Crippen LogP contribution in [0.25, 0.3) is 0 Å². The van der Waals surface area contributed by atoms with Gasteiger partial charge in [0.1, 0.15) is 5.75 Å². The molecule has 1 atom stereocenters. The second-order valence-electron chi connectivity index (χ2n) is 5.11. The number of benzene rings is 1. The van der Waals surface area contributed by atoms with Crippen LogP contribution in [0.1, 0.15) is 41.9 Å². The van der Waals surface area contributed by atoms with Gasteiger partial charge in [-0.25, -0.2) is 0 Å². The van der Waals surface area contributed by atoms with Crippen LogP contribution in [0.15, 0.2) is 10.5 Å². The lowest BCUT2D eigenvalue weighted by atomic mass is 9.85. The highest BCUT2D eigenvalue weighted by molar-refractivity contribution is 9.10. The molecule has 0 aromatic heterocycles. The average molecular weight is 313 g/mol. The van der Waals surface area contributed by atoms with E-state index in [9.17, 15) is 9.90 Å². The predicted octanol–water partition coefficient (Wildman–Crippen LogP) is 3.74. The van der Waals surface area contributed by atoms with Gasteiger partial charge in [-0.3, -0.25) is 4.79 Å².